The van der Waals surface area contributed by atoms with Crippen molar-refractivity contribution in [2.75, 3.05) is 4.90 Å². The molecule has 0 radical (unpaired) electrons. The second-order valence-electron chi connectivity index (χ2n) is 12.1. The molecule has 3 heteroatoms. The van der Waals surface area contributed by atoms with Gasteiger partial charge in [-0.2, -0.15) is 0 Å². The Hall–Kier alpha value is -5.90. The van der Waals surface area contributed by atoms with Crippen molar-refractivity contribution in [3.8, 4) is 11.1 Å². The number of anilines is 3. The summed E-state index contributed by atoms with van der Waals surface area (Å²) in [6.45, 7) is 0. The van der Waals surface area contributed by atoms with Crippen molar-refractivity contribution in [2.24, 2.45) is 0 Å². The predicted octanol–water partition coefficient (Wildman–Crippen LogP) is 13.4. The lowest BCUT2D eigenvalue weighted by atomic mass is 9.98. The molecule has 0 spiro atoms. The van der Waals surface area contributed by atoms with Gasteiger partial charge >= 0.3 is 0 Å². The zero-order valence-corrected chi connectivity index (χ0v) is 26.2. The Balaban J connectivity index is 1.20. The summed E-state index contributed by atoms with van der Waals surface area (Å²) in [4.78, 5) is 2.40. The van der Waals surface area contributed by atoms with Crippen molar-refractivity contribution < 1.29 is 4.42 Å². The minimum atomic E-state index is 0.895. The van der Waals surface area contributed by atoms with Gasteiger partial charge in [0.05, 0.1) is 5.69 Å². The van der Waals surface area contributed by atoms with Crippen LogP contribution in [-0.4, -0.2) is 0 Å². The lowest BCUT2D eigenvalue weighted by Crippen LogP contribution is -2.10. The van der Waals surface area contributed by atoms with Crippen LogP contribution in [0.25, 0.3) is 74.8 Å². The van der Waals surface area contributed by atoms with Gasteiger partial charge in [-0.3, -0.25) is 0 Å². The van der Waals surface area contributed by atoms with Gasteiger partial charge in [-0.15, -0.1) is 11.3 Å². The number of rotatable bonds is 4. The molecule has 2 aromatic heterocycles. The fourth-order valence-corrected chi connectivity index (χ4v) is 8.35. The summed E-state index contributed by atoms with van der Waals surface area (Å²) in [5.41, 5.74) is 7.58. The predicted molar refractivity (Wildman–Crippen MR) is 202 cm³/mol. The summed E-state index contributed by atoms with van der Waals surface area (Å²) in [6.07, 6.45) is 0. The smallest absolute Gasteiger partial charge is 0.135 e. The molecule has 0 aliphatic carbocycles. The molecule has 0 unspecified atom stereocenters. The fraction of sp³-hybridized carbons (Fsp3) is 0. The summed E-state index contributed by atoms with van der Waals surface area (Å²) >= 11 is 1.86. The topological polar surface area (TPSA) is 16.4 Å². The van der Waals surface area contributed by atoms with Gasteiger partial charge in [0.25, 0.3) is 0 Å². The van der Waals surface area contributed by atoms with E-state index < -0.39 is 0 Å². The van der Waals surface area contributed by atoms with Gasteiger partial charge in [0.15, 0.2) is 0 Å². The molecule has 0 aliphatic heterocycles. The average Bonchev–Trinajstić information content (AvgIpc) is 3.69. The Morgan fingerprint density at radius 3 is 2.02 bits per heavy atom. The van der Waals surface area contributed by atoms with Gasteiger partial charge in [0.2, 0.25) is 0 Å². The summed E-state index contributed by atoms with van der Waals surface area (Å²) in [5.74, 6) is 0. The maximum Gasteiger partial charge on any atom is 0.135 e. The number of fused-ring (bicyclic) bond motifs is 8. The van der Waals surface area contributed by atoms with Crippen molar-refractivity contribution in [1.29, 1.82) is 0 Å². The number of para-hydroxylation sites is 1. The molecule has 47 heavy (non-hydrogen) atoms. The zero-order valence-electron chi connectivity index (χ0n) is 25.4. The molecule has 0 amide bonds. The number of nitrogens with zero attached hydrogens (tertiary/aromatic N) is 1. The van der Waals surface area contributed by atoms with Crippen LogP contribution in [0.5, 0.6) is 0 Å². The van der Waals surface area contributed by atoms with Crippen LogP contribution in [0.2, 0.25) is 0 Å². The summed E-state index contributed by atoms with van der Waals surface area (Å²) in [6, 6.07) is 59.2. The van der Waals surface area contributed by atoms with Crippen molar-refractivity contribution in [3.05, 3.63) is 164 Å². The number of furan rings is 1. The van der Waals surface area contributed by atoms with Crippen molar-refractivity contribution in [3.63, 3.8) is 0 Å². The van der Waals surface area contributed by atoms with Gasteiger partial charge in [0, 0.05) is 47.7 Å². The first-order valence-corrected chi connectivity index (χ1v) is 16.7. The van der Waals surface area contributed by atoms with Crippen LogP contribution in [0.4, 0.5) is 17.1 Å². The van der Waals surface area contributed by atoms with Crippen LogP contribution < -0.4 is 4.90 Å². The van der Waals surface area contributed by atoms with Crippen LogP contribution in [0.1, 0.15) is 0 Å². The quantitative estimate of drug-likeness (QED) is 0.195. The third-order valence-electron chi connectivity index (χ3n) is 9.44. The van der Waals surface area contributed by atoms with Crippen molar-refractivity contribution in [2.45, 2.75) is 0 Å². The van der Waals surface area contributed by atoms with Gasteiger partial charge in [-0.05, 0) is 87.9 Å². The van der Waals surface area contributed by atoms with Crippen molar-refractivity contribution >= 4 is 92.1 Å². The number of hydrogen-bond donors (Lipinski definition) is 0. The molecule has 0 saturated carbocycles. The van der Waals surface area contributed by atoms with Gasteiger partial charge in [-0.25, -0.2) is 0 Å². The van der Waals surface area contributed by atoms with E-state index in [1.807, 2.05) is 23.5 Å². The average molecular weight is 618 g/mol. The lowest BCUT2D eigenvalue weighted by Gasteiger charge is -2.27. The molecule has 10 aromatic rings. The zero-order chi connectivity index (χ0) is 30.9. The fourth-order valence-electron chi connectivity index (χ4n) is 7.22. The molecule has 0 atom stereocenters. The van der Waals surface area contributed by atoms with E-state index in [1.165, 1.54) is 52.8 Å². The first-order valence-electron chi connectivity index (χ1n) is 15.9. The highest BCUT2D eigenvalue weighted by Crippen LogP contribution is 2.44. The molecule has 8 aromatic carbocycles. The summed E-state index contributed by atoms with van der Waals surface area (Å²) in [7, 11) is 0. The summed E-state index contributed by atoms with van der Waals surface area (Å²) in [5, 5.41) is 9.83. The molecular weight excluding hydrogens is 591 g/mol. The van der Waals surface area contributed by atoms with Crippen LogP contribution in [0.3, 0.4) is 0 Å². The van der Waals surface area contributed by atoms with Crippen LogP contribution in [-0.2, 0) is 0 Å². The third-order valence-corrected chi connectivity index (χ3v) is 10.6. The van der Waals surface area contributed by atoms with E-state index in [-0.39, 0.29) is 0 Å². The highest BCUT2D eigenvalue weighted by Gasteiger charge is 2.19. The Bertz CT molecular complexity index is 2800. The molecule has 0 bridgehead atoms. The van der Waals surface area contributed by atoms with Crippen LogP contribution >= 0.6 is 11.3 Å². The second-order valence-corrected chi connectivity index (χ2v) is 13.2. The normalized spacial score (nSPS) is 11.8. The van der Waals surface area contributed by atoms with E-state index in [0.29, 0.717) is 0 Å². The molecule has 220 valence electrons. The maximum atomic E-state index is 6.23. The van der Waals surface area contributed by atoms with Crippen LogP contribution in [0, 0.1) is 0 Å². The second kappa shape index (κ2) is 10.3. The largest absolute Gasteiger partial charge is 0.456 e. The minimum Gasteiger partial charge on any atom is -0.456 e. The van der Waals surface area contributed by atoms with Crippen molar-refractivity contribution in [1.82, 2.24) is 0 Å². The van der Waals surface area contributed by atoms with Crippen LogP contribution in [0.15, 0.2) is 168 Å². The lowest BCUT2D eigenvalue weighted by molar-refractivity contribution is 0.669. The van der Waals surface area contributed by atoms with Gasteiger partial charge in [0.1, 0.15) is 11.2 Å². The molecule has 0 N–H and O–H groups in total. The minimum absolute atomic E-state index is 0.895. The van der Waals surface area contributed by atoms with E-state index in [4.69, 9.17) is 4.42 Å². The molecule has 10 rings (SSSR count). The van der Waals surface area contributed by atoms with E-state index >= 15 is 0 Å². The molecule has 2 heterocycles. The number of thiophene rings is 1. The Labute approximate surface area is 275 Å². The third kappa shape index (κ3) is 4.17. The monoisotopic (exact) mass is 617 g/mol. The van der Waals surface area contributed by atoms with Gasteiger partial charge < -0.3 is 9.32 Å². The first-order chi connectivity index (χ1) is 23.3. The molecule has 0 fully saturated rings. The van der Waals surface area contributed by atoms with E-state index in [0.717, 1.165) is 39.0 Å². The Morgan fingerprint density at radius 1 is 0.404 bits per heavy atom. The molecule has 0 aliphatic rings. The van der Waals surface area contributed by atoms with E-state index in [9.17, 15) is 0 Å². The molecule has 0 saturated heterocycles. The van der Waals surface area contributed by atoms with Gasteiger partial charge in [-0.1, -0.05) is 103 Å². The number of benzene rings is 8. The highest BCUT2D eigenvalue weighted by molar-refractivity contribution is 7.25. The Morgan fingerprint density at radius 2 is 1.11 bits per heavy atom. The highest BCUT2D eigenvalue weighted by atomic mass is 32.1. The Kier molecular flexibility index (Phi) is 5.78. The first kappa shape index (κ1) is 26.3. The standard InChI is InChI=1S/C44H27NOS/c1-2-12-33-28(9-1)10-7-15-34(33)29-19-21-31(22-20-29)45(32-23-24-42-38(26-32)35-13-3-5-17-41(35)46-42)40-16-8-11-30-25-39-36-14-4-6-18-43(36)47-44(39)27-37(30)40/h1-27H. The number of hydrogen-bond acceptors (Lipinski definition) is 3. The van der Waals surface area contributed by atoms with E-state index in [1.54, 1.807) is 0 Å². The van der Waals surface area contributed by atoms with E-state index in [2.05, 4.69) is 157 Å². The molecule has 2 nitrogen and oxygen atoms in total. The SMILES string of the molecule is c1ccc2c(-c3ccc(N(c4ccc5oc6ccccc6c5c4)c4cccc5cc6c(cc45)sc4ccccc46)cc3)cccc2c1. The maximum absolute atomic E-state index is 6.23. The molecular formula is C44H27NOS. The summed E-state index contributed by atoms with van der Waals surface area (Å²) < 4.78 is 8.85.